The molecule has 0 aliphatic rings. The van der Waals surface area contributed by atoms with Crippen LogP contribution in [-0.2, 0) is 17.1 Å². The molecule has 0 radical (unpaired) electrons. The van der Waals surface area contributed by atoms with Gasteiger partial charge in [-0.3, -0.25) is 4.79 Å². The van der Waals surface area contributed by atoms with Crippen LogP contribution >= 0.6 is 34.4 Å². The Morgan fingerprint density at radius 3 is 2.85 bits per heavy atom. The molecule has 5 N–H and O–H groups in total. The number of rotatable bonds is 8. The molecule has 3 heterocycles. The van der Waals surface area contributed by atoms with Gasteiger partial charge in [0, 0.05) is 10.8 Å². The number of thiazole rings is 2. The summed E-state index contributed by atoms with van der Waals surface area (Å²) in [6.45, 7) is 0.385. The van der Waals surface area contributed by atoms with Gasteiger partial charge in [-0.25, -0.2) is 9.97 Å². The third-order valence-electron chi connectivity index (χ3n) is 3.03. The first-order valence-corrected chi connectivity index (χ1v) is 10.4. The van der Waals surface area contributed by atoms with Crippen molar-refractivity contribution in [3.63, 3.8) is 0 Å². The molecule has 0 atom stereocenters. The zero-order chi connectivity index (χ0) is 18.4. The zero-order valence-corrected chi connectivity index (χ0v) is 16.0. The van der Waals surface area contributed by atoms with Crippen molar-refractivity contribution in [3.05, 3.63) is 39.9 Å². The molecule has 0 aliphatic carbocycles. The van der Waals surface area contributed by atoms with E-state index in [1.807, 2.05) is 22.9 Å². The second-order valence-corrected chi connectivity index (χ2v) is 7.79. The van der Waals surface area contributed by atoms with Gasteiger partial charge in [0.25, 0.3) is 0 Å². The van der Waals surface area contributed by atoms with Gasteiger partial charge in [-0.2, -0.15) is 4.99 Å². The van der Waals surface area contributed by atoms with Gasteiger partial charge in [0.1, 0.15) is 22.2 Å². The highest BCUT2D eigenvalue weighted by atomic mass is 32.2. The van der Waals surface area contributed by atoms with E-state index in [2.05, 4.69) is 20.3 Å². The van der Waals surface area contributed by atoms with Crippen LogP contribution < -0.4 is 16.8 Å². The van der Waals surface area contributed by atoms with Gasteiger partial charge in [-0.1, -0.05) is 0 Å². The highest BCUT2D eigenvalue weighted by molar-refractivity contribution is 7.99. The summed E-state index contributed by atoms with van der Waals surface area (Å²) in [5, 5.41) is 7.88. The molecule has 0 unspecified atom stereocenters. The minimum absolute atomic E-state index is 0.0301. The maximum Gasteiger partial charge on any atom is 0.230 e. The largest absolute Gasteiger partial charge is 0.468 e. The lowest BCUT2D eigenvalue weighted by molar-refractivity contribution is -0.118. The summed E-state index contributed by atoms with van der Waals surface area (Å²) in [5.41, 5.74) is 12.1. The quantitative estimate of drug-likeness (QED) is 0.385. The fourth-order valence-corrected chi connectivity index (χ4v) is 4.10. The first-order chi connectivity index (χ1) is 12.6. The number of carbonyl (C=O) groups excluding carboxylic acids is 1. The van der Waals surface area contributed by atoms with Gasteiger partial charge in [0.15, 0.2) is 5.96 Å². The van der Waals surface area contributed by atoms with E-state index in [9.17, 15) is 4.79 Å². The Hall–Kier alpha value is -2.37. The predicted molar refractivity (Wildman–Crippen MR) is 105 cm³/mol. The molecular formula is C15H16N6O2S3. The lowest BCUT2D eigenvalue weighted by Gasteiger charge is -2.02. The number of aromatic nitrogens is 2. The van der Waals surface area contributed by atoms with Crippen molar-refractivity contribution in [1.29, 1.82) is 0 Å². The van der Waals surface area contributed by atoms with E-state index in [0.29, 0.717) is 28.9 Å². The molecule has 0 saturated heterocycles. The van der Waals surface area contributed by atoms with Crippen LogP contribution in [0.1, 0.15) is 10.8 Å². The number of nitrogens with two attached hydrogens (primary N) is 2. The fraction of sp³-hybridized carbons (Fsp3) is 0.200. The number of aliphatic imine (C=N–C) groups is 1. The van der Waals surface area contributed by atoms with Crippen LogP contribution in [0.4, 0.5) is 5.13 Å². The van der Waals surface area contributed by atoms with E-state index in [-0.39, 0.29) is 11.9 Å². The van der Waals surface area contributed by atoms with Gasteiger partial charge >= 0.3 is 0 Å². The minimum Gasteiger partial charge on any atom is -0.468 e. The third kappa shape index (κ3) is 5.31. The summed E-state index contributed by atoms with van der Waals surface area (Å²) in [6, 6.07) is 3.72. The summed E-state index contributed by atoms with van der Waals surface area (Å²) in [7, 11) is 0. The molecule has 0 aromatic carbocycles. The first kappa shape index (κ1) is 18.4. The average molecular weight is 409 g/mol. The smallest absolute Gasteiger partial charge is 0.230 e. The monoisotopic (exact) mass is 408 g/mol. The first-order valence-electron chi connectivity index (χ1n) is 7.47. The van der Waals surface area contributed by atoms with Gasteiger partial charge in [-0.05, 0) is 12.1 Å². The molecule has 3 rings (SSSR count). The zero-order valence-electron chi connectivity index (χ0n) is 13.5. The lowest BCUT2D eigenvalue weighted by Crippen LogP contribution is -2.24. The highest BCUT2D eigenvalue weighted by Gasteiger charge is 2.10. The molecule has 0 fully saturated rings. The van der Waals surface area contributed by atoms with Crippen molar-refractivity contribution in [1.82, 2.24) is 15.3 Å². The van der Waals surface area contributed by atoms with Gasteiger partial charge in [-0.15, -0.1) is 34.4 Å². The summed E-state index contributed by atoms with van der Waals surface area (Å²) in [6.07, 6.45) is 1.62. The Morgan fingerprint density at radius 1 is 1.27 bits per heavy atom. The van der Waals surface area contributed by atoms with E-state index in [4.69, 9.17) is 15.9 Å². The molecule has 8 nitrogen and oxygen atoms in total. The number of carbonyl (C=O) groups is 1. The van der Waals surface area contributed by atoms with Crippen molar-refractivity contribution in [2.75, 3.05) is 5.75 Å². The number of thioether (sulfide) groups is 1. The minimum atomic E-state index is -0.0398. The van der Waals surface area contributed by atoms with E-state index < -0.39 is 0 Å². The van der Waals surface area contributed by atoms with Crippen molar-refractivity contribution < 1.29 is 9.21 Å². The van der Waals surface area contributed by atoms with E-state index >= 15 is 0 Å². The van der Waals surface area contributed by atoms with Gasteiger partial charge < -0.3 is 21.2 Å². The normalized spacial score (nSPS) is 10.6. The number of guanidine groups is 1. The fourth-order valence-electron chi connectivity index (χ4n) is 1.92. The van der Waals surface area contributed by atoms with Crippen LogP contribution in [0.5, 0.6) is 0 Å². The van der Waals surface area contributed by atoms with E-state index in [1.54, 1.807) is 6.26 Å². The molecule has 0 spiro atoms. The van der Waals surface area contributed by atoms with Crippen LogP contribution in [0.2, 0.25) is 0 Å². The number of amides is 1. The molecule has 11 heteroatoms. The highest BCUT2D eigenvalue weighted by Crippen LogP contribution is 2.27. The van der Waals surface area contributed by atoms with E-state index in [0.717, 1.165) is 16.5 Å². The number of hydrogen-bond donors (Lipinski definition) is 3. The summed E-state index contributed by atoms with van der Waals surface area (Å²) < 4.78 is 5.22. The number of nitrogens with zero attached hydrogens (tertiary/aromatic N) is 3. The Balaban J connectivity index is 1.46. The number of furan rings is 1. The van der Waals surface area contributed by atoms with Crippen LogP contribution in [0.25, 0.3) is 11.4 Å². The maximum atomic E-state index is 11.9. The molecule has 26 heavy (non-hydrogen) atoms. The molecule has 136 valence electrons. The van der Waals surface area contributed by atoms with Crippen LogP contribution in [0, 0.1) is 0 Å². The van der Waals surface area contributed by atoms with Crippen molar-refractivity contribution in [3.8, 4) is 11.4 Å². The summed E-state index contributed by atoms with van der Waals surface area (Å²) in [4.78, 5) is 24.6. The third-order valence-corrected chi connectivity index (χ3v) is 5.56. The SMILES string of the molecule is NC(N)=Nc1nc(-c2csc(CNC(=O)CSCc3ccco3)n2)cs1. The van der Waals surface area contributed by atoms with Gasteiger partial charge in [0.05, 0.1) is 24.3 Å². The second kappa shape index (κ2) is 8.83. The molecule has 3 aromatic heterocycles. The van der Waals surface area contributed by atoms with Crippen LogP contribution in [0.15, 0.2) is 38.6 Å². The molecule has 3 aromatic rings. The number of nitrogens with one attached hydrogen (secondary N) is 1. The van der Waals surface area contributed by atoms with Crippen molar-refractivity contribution >= 4 is 51.4 Å². The van der Waals surface area contributed by atoms with Crippen molar-refractivity contribution in [2.24, 2.45) is 16.5 Å². The predicted octanol–water partition coefficient (Wildman–Crippen LogP) is 2.31. The van der Waals surface area contributed by atoms with Crippen LogP contribution in [0.3, 0.4) is 0 Å². The Labute approximate surface area is 161 Å². The second-order valence-electron chi connectivity index (χ2n) is 5.03. The molecule has 1 amide bonds. The summed E-state index contributed by atoms with van der Waals surface area (Å²) in [5.74, 6) is 1.83. The Morgan fingerprint density at radius 2 is 2.08 bits per heavy atom. The topological polar surface area (TPSA) is 132 Å². The van der Waals surface area contributed by atoms with Crippen molar-refractivity contribution in [2.45, 2.75) is 12.3 Å². The Kier molecular flexibility index (Phi) is 6.26. The van der Waals surface area contributed by atoms with E-state index in [1.165, 1.54) is 34.4 Å². The maximum absolute atomic E-state index is 11.9. The van der Waals surface area contributed by atoms with Crippen LogP contribution in [-0.4, -0.2) is 27.6 Å². The average Bonchev–Trinajstić information content (AvgIpc) is 3.34. The molecule has 0 bridgehead atoms. The standard InChI is InChI=1S/C15H16N6O2S3/c16-14(17)21-15-20-11(7-26-15)10-6-25-13(19-10)4-18-12(22)8-24-5-9-2-1-3-23-9/h1-3,6-7H,4-5,8H2,(H,18,22)(H4,16,17,20,21). The molecular weight excluding hydrogens is 392 g/mol. The number of hydrogen-bond acceptors (Lipinski definition) is 8. The van der Waals surface area contributed by atoms with Gasteiger partial charge in [0.2, 0.25) is 11.0 Å². The summed E-state index contributed by atoms with van der Waals surface area (Å²) >= 11 is 4.30. The Bertz CT molecular complexity index is 883. The molecule has 0 saturated carbocycles. The lowest BCUT2D eigenvalue weighted by atomic mass is 10.4. The molecule has 0 aliphatic heterocycles.